The zero-order chi connectivity index (χ0) is 13.7. The third-order valence-electron chi connectivity index (χ3n) is 3.36. The highest BCUT2D eigenvalue weighted by Crippen LogP contribution is 2.23. The van der Waals surface area contributed by atoms with Gasteiger partial charge in [0.25, 0.3) is 0 Å². The van der Waals surface area contributed by atoms with Gasteiger partial charge in [0.15, 0.2) is 0 Å². The zero-order valence-electron chi connectivity index (χ0n) is 10.8. The quantitative estimate of drug-likeness (QED) is 0.787. The topological polar surface area (TPSA) is 49.3 Å². The van der Waals surface area contributed by atoms with Crippen molar-refractivity contribution < 1.29 is 9.90 Å². The number of halogens is 1. The number of benzene rings is 1. The van der Waals surface area contributed by atoms with Crippen molar-refractivity contribution in [2.75, 3.05) is 11.9 Å². The normalized spacial score (nSPS) is 14.9. The summed E-state index contributed by atoms with van der Waals surface area (Å²) in [6.07, 6.45) is 8.50. The van der Waals surface area contributed by atoms with Gasteiger partial charge in [-0.25, -0.2) is 4.79 Å². The SMILES string of the molecule is O=C(O)c1ccc(NCCC2=CCCCC2)cc1Br. The van der Waals surface area contributed by atoms with Gasteiger partial charge in [0.2, 0.25) is 0 Å². The summed E-state index contributed by atoms with van der Waals surface area (Å²) >= 11 is 3.28. The van der Waals surface area contributed by atoms with Crippen LogP contribution in [-0.2, 0) is 0 Å². The highest BCUT2D eigenvalue weighted by Gasteiger charge is 2.08. The van der Waals surface area contributed by atoms with Crippen molar-refractivity contribution in [3.05, 3.63) is 39.9 Å². The molecule has 2 N–H and O–H groups in total. The van der Waals surface area contributed by atoms with Gasteiger partial charge < -0.3 is 10.4 Å². The summed E-state index contributed by atoms with van der Waals surface area (Å²) in [5, 5.41) is 12.3. The van der Waals surface area contributed by atoms with Crippen molar-refractivity contribution in [3.8, 4) is 0 Å². The van der Waals surface area contributed by atoms with E-state index in [9.17, 15) is 4.79 Å². The number of hydrogen-bond donors (Lipinski definition) is 2. The first kappa shape index (κ1) is 14.1. The molecular formula is C15H18BrNO2. The van der Waals surface area contributed by atoms with E-state index >= 15 is 0 Å². The average Bonchev–Trinajstić information content (AvgIpc) is 2.39. The second-order valence-corrected chi connectivity index (χ2v) is 5.64. The predicted molar refractivity (Wildman–Crippen MR) is 80.8 cm³/mol. The fraction of sp³-hybridized carbons (Fsp3) is 0.400. The van der Waals surface area contributed by atoms with E-state index in [1.54, 1.807) is 11.6 Å². The van der Waals surface area contributed by atoms with Crippen LogP contribution in [-0.4, -0.2) is 17.6 Å². The molecule has 102 valence electrons. The van der Waals surface area contributed by atoms with Crippen molar-refractivity contribution in [1.82, 2.24) is 0 Å². The Balaban J connectivity index is 1.87. The number of carbonyl (C=O) groups is 1. The van der Waals surface area contributed by atoms with Gasteiger partial charge in [-0.15, -0.1) is 0 Å². The molecular weight excluding hydrogens is 306 g/mol. The van der Waals surface area contributed by atoms with Crippen LogP contribution in [0.1, 0.15) is 42.5 Å². The predicted octanol–water partition coefficient (Wildman–Crippen LogP) is 4.45. The minimum Gasteiger partial charge on any atom is -0.478 e. The van der Waals surface area contributed by atoms with Gasteiger partial charge in [-0.05, 0) is 66.2 Å². The Morgan fingerprint density at radius 1 is 1.37 bits per heavy atom. The molecule has 19 heavy (non-hydrogen) atoms. The molecule has 1 aliphatic carbocycles. The summed E-state index contributed by atoms with van der Waals surface area (Å²) < 4.78 is 0.613. The number of allylic oxidation sites excluding steroid dienone is 1. The molecule has 0 aliphatic heterocycles. The van der Waals surface area contributed by atoms with Gasteiger partial charge >= 0.3 is 5.97 Å². The lowest BCUT2D eigenvalue weighted by Gasteiger charge is -2.13. The fourth-order valence-corrected chi connectivity index (χ4v) is 2.85. The lowest BCUT2D eigenvalue weighted by molar-refractivity contribution is 0.0696. The van der Waals surface area contributed by atoms with Crippen LogP contribution in [0.3, 0.4) is 0 Å². The monoisotopic (exact) mass is 323 g/mol. The van der Waals surface area contributed by atoms with Crippen LogP contribution in [0, 0.1) is 0 Å². The van der Waals surface area contributed by atoms with Crippen molar-refractivity contribution in [2.24, 2.45) is 0 Å². The largest absolute Gasteiger partial charge is 0.478 e. The summed E-state index contributed by atoms with van der Waals surface area (Å²) in [6, 6.07) is 5.25. The molecule has 0 saturated carbocycles. The van der Waals surface area contributed by atoms with Crippen LogP contribution < -0.4 is 5.32 Å². The second kappa shape index (κ2) is 6.75. The van der Waals surface area contributed by atoms with E-state index in [2.05, 4.69) is 27.3 Å². The van der Waals surface area contributed by atoms with Gasteiger partial charge in [0.05, 0.1) is 5.56 Å². The molecule has 1 aromatic rings. The molecule has 3 nitrogen and oxygen atoms in total. The molecule has 0 bridgehead atoms. The summed E-state index contributed by atoms with van der Waals surface area (Å²) in [5.41, 5.74) is 2.79. The third-order valence-corrected chi connectivity index (χ3v) is 4.02. The Labute approximate surface area is 121 Å². The smallest absolute Gasteiger partial charge is 0.336 e. The van der Waals surface area contributed by atoms with Crippen LogP contribution in [0.2, 0.25) is 0 Å². The summed E-state index contributed by atoms with van der Waals surface area (Å²) in [6.45, 7) is 0.894. The summed E-state index contributed by atoms with van der Waals surface area (Å²) in [4.78, 5) is 10.9. The van der Waals surface area contributed by atoms with E-state index in [1.807, 2.05) is 12.1 Å². The lowest BCUT2D eigenvalue weighted by atomic mass is 9.97. The molecule has 0 radical (unpaired) electrons. The van der Waals surface area contributed by atoms with Gasteiger partial charge in [-0.2, -0.15) is 0 Å². The summed E-state index contributed by atoms with van der Waals surface area (Å²) in [5.74, 6) is -0.911. The lowest BCUT2D eigenvalue weighted by Crippen LogP contribution is -2.05. The molecule has 0 aromatic heterocycles. The number of rotatable bonds is 5. The molecule has 1 aromatic carbocycles. The van der Waals surface area contributed by atoms with Gasteiger partial charge in [0.1, 0.15) is 0 Å². The number of nitrogens with one attached hydrogen (secondary N) is 1. The standard InChI is InChI=1S/C15H18BrNO2/c16-14-10-12(6-7-13(14)15(18)19)17-9-8-11-4-2-1-3-5-11/h4,6-7,10,17H,1-3,5,8-9H2,(H,18,19). The first-order chi connectivity index (χ1) is 9.16. The van der Waals surface area contributed by atoms with Crippen molar-refractivity contribution in [2.45, 2.75) is 32.1 Å². The van der Waals surface area contributed by atoms with Crippen LogP contribution in [0.25, 0.3) is 0 Å². The Hall–Kier alpha value is -1.29. The van der Waals surface area contributed by atoms with E-state index in [-0.39, 0.29) is 0 Å². The molecule has 4 heteroatoms. The number of aromatic carboxylic acids is 1. The molecule has 2 rings (SSSR count). The van der Waals surface area contributed by atoms with E-state index in [0.29, 0.717) is 10.0 Å². The van der Waals surface area contributed by atoms with Crippen LogP contribution in [0.4, 0.5) is 5.69 Å². The third kappa shape index (κ3) is 4.10. The van der Waals surface area contributed by atoms with Crippen LogP contribution in [0.5, 0.6) is 0 Å². The molecule has 1 aliphatic rings. The maximum Gasteiger partial charge on any atom is 0.336 e. The van der Waals surface area contributed by atoms with E-state index in [0.717, 1.165) is 18.7 Å². The fourth-order valence-electron chi connectivity index (χ4n) is 2.30. The Kier molecular flexibility index (Phi) is 5.02. The minimum absolute atomic E-state index is 0.292. The second-order valence-electron chi connectivity index (χ2n) is 4.78. The molecule has 0 atom stereocenters. The maximum absolute atomic E-state index is 10.9. The van der Waals surface area contributed by atoms with Crippen molar-refractivity contribution >= 4 is 27.6 Å². The van der Waals surface area contributed by atoms with E-state index in [4.69, 9.17) is 5.11 Å². The molecule has 0 saturated heterocycles. The van der Waals surface area contributed by atoms with Gasteiger partial charge in [-0.1, -0.05) is 11.6 Å². The van der Waals surface area contributed by atoms with E-state index in [1.165, 1.54) is 25.7 Å². The van der Waals surface area contributed by atoms with Gasteiger partial charge in [0, 0.05) is 16.7 Å². The zero-order valence-corrected chi connectivity index (χ0v) is 12.4. The van der Waals surface area contributed by atoms with E-state index < -0.39 is 5.97 Å². The van der Waals surface area contributed by atoms with Crippen LogP contribution in [0.15, 0.2) is 34.3 Å². The number of carboxylic acids is 1. The Morgan fingerprint density at radius 2 is 2.21 bits per heavy atom. The highest BCUT2D eigenvalue weighted by atomic mass is 79.9. The number of anilines is 1. The highest BCUT2D eigenvalue weighted by molar-refractivity contribution is 9.10. The molecule has 0 amide bonds. The summed E-state index contributed by atoms with van der Waals surface area (Å²) in [7, 11) is 0. The Bertz CT molecular complexity index is 497. The molecule has 0 fully saturated rings. The first-order valence-electron chi connectivity index (χ1n) is 6.61. The Morgan fingerprint density at radius 3 is 2.84 bits per heavy atom. The first-order valence-corrected chi connectivity index (χ1v) is 7.41. The van der Waals surface area contributed by atoms with Crippen molar-refractivity contribution in [3.63, 3.8) is 0 Å². The van der Waals surface area contributed by atoms with Crippen molar-refractivity contribution in [1.29, 1.82) is 0 Å². The number of hydrogen-bond acceptors (Lipinski definition) is 2. The molecule has 0 unspecified atom stereocenters. The minimum atomic E-state index is -0.911. The maximum atomic E-state index is 10.9. The molecule has 0 spiro atoms. The average molecular weight is 324 g/mol. The number of carboxylic acid groups (broad SMARTS) is 1. The van der Waals surface area contributed by atoms with Crippen LogP contribution >= 0.6 is 15.9 Å². The van der Waals surface area contributed by atoms with Gasteiger partial charge in [-0.3, -0.25) is 0 Å². The molecule has 0 heterocycles.